The summed E-state index contributed by atoms with van der Waals surface area (Å²) in [5, 5.41) is 7.33. The highest BCUT2D eigenvalue weighted by atomic mass is 79.9. The fraction of sp³-hybridized carbons (Fsp3) is 0.609. The SMILES string of the molecule is CNC(=O)C[C@H](CC(C)C)Nc1nc(N2CCC3(CN(C)C3)C2)nc2cc(Br)ccc12. The van der Waals surface area contributed by atoms with E-state index in [0.717, 1.165) is 59.7 Å². The monoisotopic (exact) mass is 488 g/mol. The summed E-state index contributed by atoms with van der Waals surface area (Å²) in [4.78, 5) is 26.7. The molecule has 1 aromatic carbocycles. The molecule has 1 amide bonds. The van der Waals surface area contributed by atoms with Gasteiger partial charge in [-0.3, -0.25) is 4.79 Å². The number of aromatic nitrogens is 2. The smallest absolute Gasteiger partial charge is 0.227 e. The minimum absolute atomic E-state index is 0.0137. The van der Waals surface area contributed by atoms with E-state index < -0.39 is 0 Å². The van der Waals surface area contributed by atoms with Crippen LogP contribution in [0.25, 0.3) is 10.9 Å². The number of halogens is 1. The molecule has 1 spiro atoms. The zero-order chi connectivity index (χ0) is 22.2. The maximum atomic E-state index is 12.1. The number of carbonyl (C=O) groups is 1. The number of nitrogens with one attached hydrogen (secondary N) is 2. The number of benzene rings is 1. The minimum Gasteiger partial charge on any atom is -0.366 e. The molecule has 0 saturated carbocycles. The lowest BCUT2D eigenvalue weighted by Gasteiger charge is -2.46. The molecule has 0 unspecified atom stereocenters. The summed E-state index contributed by atoms with van der Waals surface area (Å²) in [6.07, 6.45) is 2.50. The number of nitrogens with zero attached hydrogens (tertiary/aromatic N) is 4. The topological polar surface area (TPSA) is 73.4 Å². The Morgan fingerprint density at radius 3 is 2.71 bits per heavy atom. The van der Waals surface area contributed by atoms with Crippen LogP contribution in [0.2, 0.25) is 0 Å². The molecule has 168 valence electrons. The van der Waals surface area contributed by atoms with Gasteiger partial charge < -0.3 is 20.4 Å². The van der Waals surface area contributed by atoms with Gasteiger partial charge in [0.25, 0.3) is 0 Å². The van der Waals surface area contributed by atoms with Gasteiger partial charge in [-0.05, 0) is 44.0 Å². The summed E-state index contributed by atoms with van der Waals surface area (Å²) < 4.78 is 0.998. The van der Waals surface area contributed by atoms with Gasteiger partial charge in [0.05, 0.1) is 5.52 Å². The van der Waals surface area contributed by atoms with E-state index in [9.17, 15) is 4.79 Å². The van der Waals surface area contributed by atoms with Crippen molar-refractivity contribution in [1.82, 2.24) is 20.2 Å². The Morgan fingerprint density at radius 1 is 1.26 bits per heavy atom. The van der Waals surface area contributed by atoms with E-state index >= 15 is 0 Å². The number of rotatable bonds is 7. The fourth-order valence-corrected chi connectivity index (χ4v) is 5.44. The molecule has 2 aliphatic rings. The maximum Gasteiger partial charge on any atom is 0.227 e. The van der Waals surface area contributed by atoms with E-state index in [-0.39, 0.29) is 11.9 Å². The summed E-state index contributed by atoms with van der Waals surface area (Å²) in [5.41, 5.74) is 1.30. The average molecular weight is 489 g/mol. The fourth-order valence-electron chi connectivity index (χ4n) is 5.09. The highest BCUT2D eigenvalue weighted by Crippen LogP contribution is 2.40. The molecule has 3 heterocycles. The van der Waals surface area contributed by atoms with Crippen molar-refractivity contribution in [2.24, 2.45) is 11.3 Å². The molecule has 7 nitrogen and oxygen atoms in total. The lowest BCUT2D eigenvalue weighted by molar-refractivity contribution is -0.120. The normalized spacial score (nSPS) is 19.1. The average Bonchev–Trinajstić information content (AvgIpc) is 3.12. The summed E-state index contributed by atoms with van der Waals surface area (Å²) in [7, 11) is 3.87. The second kappa shape index (κ2) is 8.90. The van der Waals surface area contributed by atoms with Crippen molar-refractivity contribution < 1.29 is 4.79 Å². The molecule has 0 aliphatic carbocycles. The van der Waals surface area contributed by atoms with Crippen LogP contribution < -0.4 is 15.5 Å². The number of hydrogen-bond donors (Lipinski definition) is 2. The summed E-state index contributed by atoms with van der Waals surface area (Å²) in [5.74, 6) is 2.10. The molecular formula is C23H33BrN6O. The number of anilines is 2. The molecule has 2 aromatic rings. The standard InChI is InChI=1S/C23H33BrN6O/c1-15(2)9-17(11-20(31)25-3)26-21-18-6-5-16(24)10-19(18)27-22(28-21)30-8-7-23(14-30)12-29(4)13-23/h5-6,10,15,17H,7-9,11-14H2,1-4H3,(H,25,31)(H,26,27,28)/t17-/m0/s1. The van der Waals surface area contributed by atoms with Gasteiger partial charge in [0.15, 0.2) is 0 Å². The van der Waals surface area contributed by atoms with Crippen LogP contribution in [0.1, 0.15) is 33.1 Å². The first-order valence-electron chi connectivity index (χ1n) is 11.1. The number of hydrogen-bond acceptors (Lipinski definition) is 6. The van der Waals surface area contributed by atoms with Crippen LogP contribution in [0.4, 0.5) is 11.8 Å². The van der Waals surface area contributed by atoms with E-state index in [0.29, 0.717) is 17.8 Å². The van der Waals surface area contributed by atoms with Gasteiger partial charge in [0.1, 0.15) is 5.82 Å². The Balaban J connectivity index is 1.65. The predicted octanol–water partition coefficient (Wildman–Crippen LogP) is 3.50. The van der Waals surface area contributed by atoms with Gasteiger partial charge in [0, 0.05) is 61.0 Å². The molecule has 4 rings (SSSR count). The highest BCUT2D eigenvalue weighted by molar-refractivity contribution is 9.10. The van der Waals surface area contributed by atoms with Gasteiger partial charge in [-0.25, -0.2) is 4.98 Å². The number of likely N-dealkylation sites (tertiary alicyclic amines) is 1. The quantitative estimate of drug-likeness (QED) is 0.621. The number of fused-ring (bicyclic) bond motifs is 1. The van der Waals surface area contributed by atoms with Crippen molar-refractivity contribution in [2.45, 2.75) is 39.2 Å². The van der Waals surface area contributed by atoms with E-state index in [4.69, 9.17) is 9.97 Å². The first-order valence-corrected chi connectivity index (χ1v) is 11.9. The zero-order valence-electron chi connectivity index (χ0n) is 18.9. The van der Waals surface area contributed by atoms with Crippen LogP contribution in [0.15, 0.2) is 22.7 Å². The molecule has 0 radical (unpaired) electrons. The molecular weight excluding hydrogens is 456 g/mol. The largest absolute Gasteiger partial charge is 0.366 e. The van der Waals surface area contributed by atoms with E-state index in [1.807, 2.05) is 18.2 Å². The highest BCUT2D eigenvalue weighted by Gasteiger charge is 2.46. The predicted molar refractivity (Wildman–Crippen MR) is 130 cm³/mol. The molecule has 2 saturated heterocycles. The van der Waals surface area contributed by atoms with Gasteiger partial charge >= 0.3 is 0 Å². The van der Waals surface area contributed by atoms with Crippen LogP contribution >= 0.6 is 15.9 Å². The van der Waals surface area contributed by atoms with Crippen LogP contribution in [-0.4, -0.2) is 67.1 Å². The minimum atomic E-state index is 0.0137. The Labute approximate surface area is 193 Å². The van der Waals surface area contributed by atoms with Crippen LogP contribution in [0, 0.1) is 11.3 Å². The molecule has 8 heteroatoms. The van der Waals surface area contributed by atoms with Gasteiger partial charge in [-0.15, -0.1) is 0 Å². The van der Waals surface area contributed by atoms with Gasteiger partial charge in [-0.1, -0.05) is 29.8 Å². The molecule has 0 bridgehead atoms. The molecule has 2 fully saturated rings. The molecule has 1 aromatic heterocycles. The summed E-state index contributed by atoms with van der Waals surface area (Å²) in [6.45, 7) is 8.65. The summed E-state index contributed by atoms with van der Waals surface area (Å²) >= 11 is 3.58. The van der Waals surface area contributed by atoms with Gasteiger partial charge in [-0.2, -0.15) is 4.98 Å². The lowest BCUT2D eigenvalue weighted by Crippen LogP contribution is -2.55. The third-order valence-electron chi connectivity index (χ3n) is 6.39. The second-order valence-corrected chi connectivity index (χ2v) is 10.6. The van der Waals surface area contributed by atoms with Crippen molar-refractivity contribution in [2.75, 3.05) is 50.5 Å². The number of amides is 1. The Kier molecular flexibility index (Phi) is 6.40. The van der Waals surface area contributed by atoms with E-state index in [1.54, 1.807) is 7.05 Å². The van der Waals surface area contributed by atoms with Crippen LogP contribution in [0.5, 0.6) is 0 Å². The Bertz CT molecular complexity index is 958. The lowest BCUT2D eigenvalue weighted by atomic mass is 9.79. The number of carbonyl (C=O) groups excluding carboxylic acids is 1. The maximum absolute atomic E-state index is 12.1. The molecule has 2 N–H and O–H groups in total. The van der Waals surface area contributed by atoms with Crippen molar-refractivity contribution in [3.8, 4) is 0 Å². The van der Waals surface area contributed by atoms with Crippen LogP contribution in [0.3, 0.4) is 0 Å². The first kappa shape index (κ1) is 22.3. The van der Waals surface area contributed by atoms with Crippen molar-refractivity contribution in [1.29, 1.82) is 0 Å². The van der Waals surface area contributed by atoms with E-state index in [2.05, 4.69) is 57.3 Å². The van der Waals surface area contributed by atoms with E-state index in [1.165, 1.54) is 6.42 Å². The van der Waals surface area contributed by atoms with Crippen molar-refractivity contribution in [3.63, 3.8) is 0 Å². The first-order chi connectivity index (χ1) is 14.8. The van der Waals surface area contributed by atoms with Gasteiger partial charge in [0.2, 0.25) is 11.9 Å². The Hall–Kier alpha value is -1.93. The third-order valence-corrected chi connectivity index (χ3v) is 6.88. The third kappa shape index (κ3) is 4.95. The summed E-state index contributed by atoms with van der Waals surface area (Å²) in [6, 6.07) is 6.12. The molecule has 31 heavy (non-hydrogen) atoms. The molecule has 1 atom stereocenters. The molecule has 2 aliphatic heterocycles. The Morgan fingerprint density at radius 2 is 2.03 bits per heavy atom. The zero-order valence-corrected chi connectivity index (χ0v) is 20.5. The second-order valence-electron chi connectivity index (χ2n) is 9.73. The van der Waals surface area contributed by atoms with Crippen LogP contribution in [-0.2, 0) is 4.79 Å². The van der Waals surface area contributed by atoms with Crippen molar-refractivity contribution >= 4 is 44.5 Å². The van der Waals surface area contributed by atoms with Crippen molar-refractivity contribution in [3.05, 3.63) is 22.7 Å².